The van der Waals surface area contributed by atoms with E-state index in [0.29, 0.717) is 19.5 Å². The van der Waals surface area contributed by atoms with Crippen LogP contribution >= 0.6 is 12.4 Å². The third kappa shape index (κ3) is 9.96. The highest BCUT2D eigenvalue weighted by Crippen LogP contribution is 2.14. The van der Waals surface area contributed by atoms with Crippen LogP contribution in [0.25, 0.3) is 0 Å². The fourth-order valence-corrected chi connectivity index (χ4v) is 1.85. The molecule has 0 aliphatic rings. The molecule has 136 valence electrons. The lowest BCUT2D eigenvalue weighted by Crippen LogP contribution is -2.36. The molecule has 0 saturated carbocycles. The smallest absolute Gasteiger partial charge is 0.387 e. The van der Waals surface area contributed by atoms with Crippen LogP contribution in [-0.2, 0) is 16.0 Å². The molecular weight excluding hydrogens is 346 g/mol. The maximum absolute atomic E-state index is 12.0. The van der Waals surface area contributed by atoms with Crippen LogP contribution in [0.5, 0.6) is 5.75 Å². The Morgan fingerprint density at radius 2 is 1.92 bits per heavy atom. The Labute approximate surface area is 145 Å². The predicted molar refractivity (Wildman–Crippen MR) is 86.8 cm³/mol. The van der Waals surface area contributed by atoms with Gasteiger partial charge in [-0.05, 0) is 31.2 Å². The highest BCUT2D eigenvalue weighted by Gasteiger charge is 2.08. The number of aliphatic carboxylic acids is 1. The summed E-state index contributed by atoms with van der Waals surface area (Å²) < 4.78 is 28.3. The second kappa shape index (κ2) is 11.6. The summed E-state index contributed by atoms with van der Waals surface area (Å²) in [6.07, 6.45) is 0.538. The summed E-state index contributed by atoms with van der Waals surface area (Å²) >= 11 is 0. The van der Waals surface area contributed by atoms with Crippen LogP contribution in [0.4, 0.5) is 8.78 Å². The van der Waals surface area contributed by atoms with Gasteiger partial charge in [-0.2, -0.15) is 8.78 Å². The summed E-state index contributed by atoms with van der Waals surface area (Å²) in [5.41, 5.74) is 0.881. The average Bonchev–Trinajstić information content (AvgIpc) is 2.46. The van der Waals surface area contributed by atoms with E-state index in [2.05, 4.69) is 10.1 Å². The van der Waals surface area contributed by atoms with Crippen molar-refractivity contribution in [2.24, 2.45) is 0 Å². The molecule has 1 amide bonds. The Bertz CT molecular complexity index is 515. The van der Waals surface area contributed by atoms with E-state index in [1.165, 1.54) is 12.1 Å². The van der Waals surface area contributed by atoms with Gasteiger partial charge in [-0.15, -0.1) is 12.4 Å². The number of nitrogens with one attached hydrogen (secondary N) is 1. The Kier molecular flexibility index (Phi) is 10.7. The lowest BCUT2D eigenvalue weighted by Gasteiger charge is -2.15. The number of benzene rings is 1. The molecule has 0 aliphatic carbocycles. The first-order chi connectivity index (χ1) is 10.9. The first-order valence-corrected chi connectivity index (χ1v) is 7.07. The first kappa shape index (κ1) is 22.1. The third-order valence-corrected chi connectivity index (χ3v) is 3.01. The summed E-state index contributed by atoms with van der Waals surface area (Å²) in [6.45, 7) is -2.03. The zero-order valence-corrected chi connectivity index (χ0v) is 14.0. The van der Waals surface area contributed by atoms with Crippen LogP contribution in [-0.4, -0.2) is 55.2 Å². The van der Waals surface area contributed by atoms with Gasteiger partial charge in [-0.1, -0.05) is 12.1 Å². The zero-order chi connectivity index (χ0) is 17.2. The average molecular weight is 367 g/mol. The number of likely N-dealkylation sites (N-methyl/N-ethyl adjacent to an activating group) is 1. The molecule has 0 bridgehead atoms. The van der Waals surface area contributed by atoms with Gasteiger partial charge >= 0.3 is 12.6 Å². The van der Waals surface area contributed by atoms with Crippen molar-refractivity contribution in [1.29, 1.82) is 0 Å². The van der Waals surface area contributed by atoms with E-state index in [0.717, 1.165) is 5.56 Å². The van der Waals surface area contributed by atoms with E-state index < -0.39 is 12.6 Å². The standard InChI is InChI=1S/C15H20F2N2O4.ClH/c1-19(9-7-14(21)22)10-13(20)18-8-6-11-2-4-12(5-3-11)23-15(16)17;/h2-5,15H,6-10H2,1H3,(H,18,20)(H,21,22);1H. The van der Waals surface area contributed by atoms with Crippen LogP contribution in [0, 0.1) is 0 Å². The number of hydrogen-bond acceptors (Lipinski definition) is 4. The second-order valence-corrected chi connectivity index (χ2v) is 5.00. The molecule has 0 radical (unpaired) electrons. The Morgan fingerprint density at radius 3 is 2.46 bits per heavy atom. The van der Waals surface area contributed by atoms with E-state index in [4.69, 9.17) is 5.11 Å². The maximum atomic E-state index is 12.0. The first-order valence-electron chi connectivity index (χ1n) is 7.07. The highest BCUT2D eigenvalue weighted by molar-refractivity contribution is 5.85. The summed E-state index contributed by atoms with van der Waals surface area (Å²) in [5, 5.41) is 11.3. The van der Waals surface area contributed by atoms with Crippen LogP contribution < -0.4 is 10.1 Å². The summed E-state index contributed by atoms with van der Waals surface area (Å²) in [4.78, 5) is 23.7. The molecule has 1 aromatic rings. The molecule has 9 heteroatoms. The van der Waals surface area contributed by atoms with Gasteiger partial charge in [-0.25, -0.2) is 0 Å². The van der Waals surface area contributed by atoms with Gasteiger partial charge in [0.2, 0.25) is 5.91 Å². The van der Waals surface area contributed by atoms with Crippen molar-refractivity contribution in [2.75, 3.05) is 26.7 Å². The van der Waals surface area contributed by atoms with Gasteiger partial charge in [0.1, 0.15) is 5.75 Å². The number of ether oxygens (including phenoxy) is 1. The Morgan fingerprint density at radius 1 is 1.29 bits per heavy atom. The van der Waals surface area contributed by atoms with E-state index in [-0.39, 0.29) is 37.0 Å². The Hall–Kier alpha value is -1.93. The molecule has 1 aromatic carbocycles. The normalized spacial score (nSPS) is 10.4. The zero-order valence-electron chi connectivity index (χ0n) is 13.2. The van der Waals surface area contributed by atoms with Gasteiger partial charge < -0.3 is 15.2 Å². The van der Waals surface area contributed by atoms with Crippen molar-refractivity contribution in [3.8, 4) is 5.75 Å². The number of hydrogen-bond donors (Lipinski definition) is 2. The van der Waals surface area contributed by atoms with Gasteiger partial charge in [0.05, 0.1) is 13.0 Å². The van der Waals surface area contributed by atoms with Crippen molar-refractivity contribution in [3.05, 3.63) is 29.8 Å². The van der Waals surface area contributed by atoms with Crippen LogP contribution in [0.3, 0.4) is 0 Å². The summed E-state index contributed by atoms with van der Waals surface area (Å²) in [5.74, 6) is -1.01. The number of rotatable bonds is 10. The minimum Gasteiger partial charge on any atom is -0.481 e. The van der Waals surface area contributed by atoms with Crippen molar-refractivity contribution >= 4 is 24.3 Å². The lowest BCUT2D eigenvalue weighted by molar-refractivity contribution is -0.137. The van der Waals surface area contributed by atoms with E-state index in [9.17, 15) is 18.4 Å². The molecule has 24 heavy (non-hydrogen) atoms. The number of nitrogens with zero attached hydrogens (tertiary/aromatic N) is 1. The summed E-state index contributed by atoms with van der Waals surface area (Å²) in [7, 11) is 1.67. The molecule has 0 spiro atoms. The third-order valence-electron chi connectivity index (χ3n) is 3.01. The number of amides is 1. The van der Waals surface area contributed by atoms with Crippen LogP contribution in [0.15, 0.2) is 24.3 Å². The van der Waals surface area contributed by atoms with E-state index in [1.807, 2.05) is 0 Å². The molecule has 0 aliphatic heterocycles. The second-order valence-electron chi connectivity index (χ2n) is 5.00. The molecule has 0 unspecified atom stereocenters. The minimum atomic E-state index is -2.85. The van der Waals surface area contributed by atoms with E-state index in [1.54, 1.807) is 24.1 Å². The maximum Gasteiger partial charge on any atom is 0.387 e. The molecule has 6 nitrogen and oxygen atoms in total. The number of carbonyl (C=O) groups is 2. The van der Waals surface area contributed by atoms with Crippen LogP contribution in [0.1, 0.15) is 12.0 Å². The van der Waals surface area contributed by atoms with Gasteiger partial charge in [0, 0.05) is 13.1 Å². The molecular formula is C15H21ClF2N2O4. The fourth-order valence-electron chi connectivity index (χ4n) is 1.85. The lowest BCUT2D eigenvalue weighted by atomic mass is 10.1. The number of carboxylic acids is 1. The molecule has 1 rings (SSSR count). The SMILES string of the molecule is CN(CCC(=O)O)CC(=O)NCCc1ccc(OC(F)F)cc1.Cl. The predicted octanol–water partition coefficient (Wildman–Crippen LogP) is 1.77. The molecule has 0 fully saturated rings. The molecule has 0 atom stereocenters. The fraction of sp³-hybridized carbons (Fsp3) is 0.467. The van der Waals surface area contributed by atoms with Gasteiger partial charge in [0.25, 0.3) is 0 Å². The number of halogens is 3. The number of carbonyl (C=O) groups excluding carboxylic acids is 1. The van der Waals surface area contributed by atoms with Gasteiger partial charge in [0.15, 0.2) is 0 Å². The van der Waals surface area contributed by atoms with E-state index >= 15 is 0 Å². The van der Waals surface area contributed by atoms with Crippen LogP contribution in [0.2, 0.25) is 0 Å². The number of carboxylic acid groups (broad SMARTS) is 1. The summed E-state index contributed by atoms with van der Waals surface area (Å²) in [6, 6.07) is 6.21. The molecule has 0 saturated heterocycles. The highest BCUT2D eigenvalue weighted by atomic mass is 35.5. The van der Waals surface area contributed by atoms with Gasteiger partial charge in [-0.3, -0.25) is 14.5 Å². The quantitative estimate of drug-likeness (QED) is 0.660. The largest absolute Gasteiger partial charge is 0.481 e. The van der Waals surface area contributed by atoms with Crippen molar-refractivity contribution in [2.45, 2.75) is 19.5 Å². The van der Waals surface area contributed by atoms with Crippen molar-refractivity contribution < 1.29 is 28.2 Å². The number of alkyl halides is 2. The Balaban J connectivity index is 0.00000529. The molecule has 2 N–H and O–H groups in total. The van der Waals surface area contributed by atoms with Crippen molar-refractivity contribution in [1.82, 2.24) is 10.2 Å². The molecule has 0 aromatic heterocycles. The topological polar surface area (TPSA) is 78.9 Å². The van der Waals surface area contributed by atoms with Crippen molar-refractivity contribution in [3.63, 3.8) is 0 Å². The minimum absolute atomic E-state index is 0. The monoisotopic (exact) mass is 366 g/mol. The molecule has 0 heterocycles.